The van der Waals surface area contributed by atoms with Crippen LogP contribution in [0.5, 0.6) is 5.88 Å². The first-order chi connectivity index (χ1) is 21.3. The highest BCUT2D eigenvalue weighted by Crippen LogP contribution is 2.46. The molecule has 1 aromatic carbocycles. The molecule has 0 radical (unpaired) electrons. The molecule has 2 saturated carbocycles. The van der Waals surface area contributed by atoms with Crippen molar-refractivity contribution in [1.29, 1.82) is 0 Å². The lowest BCUT2D eigenvalue weighted by Gasteiger charge is -2.29. The van der Waals surface area contributed by atoms with Crippen molar-refractivity contribution in [2.45, 2.75) is 75.0 Å². The van der Waals surface area contributed by atoms with Crippen LogP contribution in [0.15, 0.2) is 66.0 Å². The molecule has 238 valence electrons. The zero-order valence-corrected chi connectivity index (χ0v) is 26.3. The largest absolute Gasteiger partial charge is 0.472 e. The number of benzene rings is 1. The number of rotatable bonds is 10. The number of nitrogens with one attached hydrogen (secondary N) is 1. The van der Waals surface area contributed by atoms with Gasteiger partial charge >= 0.3 is 6.09 Å². The number of Topliss-reactive ketones (excluding diaryl/α,β-unsaturated/α-hetero) is 1. The molecule has 3 heterocycles. The molecule has 1 saturated heterocycles. The summed E-state index contributed by atoms with van der Waals surface area (Å²) in [7, 11) is -3.59. The number of likely N-dealkylation sites (tertiary alicyclic amines) is 1. The number of ketones is 1. The van der Waals surface area contributed by atoms with E-state index in [0.29, 0.717) is 24.4 Å². The van der Waals surface area contributed by atoms with Gasteiger partial charge in [0.1, 0.15) is 29.0 Å². The van der Waals surface area contributed by atoms with E-state index >= 15 is 0 Å². The predicted octanol–water partition coefficient (Wildman–Crippen LogP) is 4.46. The van der Waals surface area contributed by atoms with Crippen LogP contribution in [0.1, 0.15) is 46.5 Å². The Morgan fingerprint density at radius 2 is 1.96 bits per heavy atom. The van der Waals surface area contributed by atoms with Gasteiger partial charge in [0.05, 0.1) is 30.0 Å². The van der Waals surface area contributed by atoms with Gasteiger partial charge in [-0.2, -0.15) is 0 Å². The number of sulfone groups is 1. The van der Waals surface area contributed by atoms with Crippen LogP contribution in [0.25, 0.3) is 22.0 Å². The molecule has 3 aromatic rings. The summed E-state index contributed by atoms with van der Waals surface area (Å²) in [6.45, 7) is 8.99. The predicted molar refractivity (Wildman–Crippen MR) is 166 cm³/mol. The Morgan fingerprint density at radius 3 is 2.60 bits per heavy atom. The van der Waals surface area contributed by atoms with Crippen LogP contribution in [-0.2, 0) is 24.2 Å². The van der Waals surface area contributed by atoms with Gasteiger partial charge in [0.25, 0.3) is 0 Å². The molecule has 4 atom stereocenters. The average molecular weight is 636 g/mol. The smallest absolute Gasteiger partial charge is 0.411 e. The summed E-state index contributed by atoms with van der Waals surface area (Å²) in [5, 5.41) is 3.98. The second-order valence-corrected chi connectivity index (χ2v) is 15.4. The van der Waals surface area contributed by atoms with Crippen molar-refractivity contribution in [3.63, 3.8) is 0 Å². The van der Waals surface area contributed by atoms with Gasteiger partial charge in [-0.1, -0.05) is 24.3 Å². The minimum absolute atomic E-state index is 0.0286. The number of carbonyl (C=O) groups excluding carboxylic acids is 3. The Labute approximate surface area is 261 Å². The second kappa shape index (κ2) is 11.3. The molecule has 1 aliphatic heterocycles. The number of furan rings is 1. The molecule has 6 rings (SSSR count). The lowest BCUT2D eigenvalue weighted by molar-refractivity contribution is -0.130. The number of ether oxygens (including phenoxy) is 2. The molecule has 0 bridgehead atoms. The Bertz CT molecular complexity index is 1760. The van der Waals surface area contributed by atoms with Crippen LogP contribution in [0.2, 0.25) is 0 Å². The van der Waals surface area contributed by atoms with E-state index in [0.717, 1.165) is 16.3 Å². The van der Waals surface area contributed by atoms with Gasteiger partial charge < -0.3 is 19.2 Å². The van der Waals surface area contributed by atoms with Gasteiger partial charge in [0, 0.05) is 23.3 Å². The summed E-state index contributed by atoms with van der Waals surface area (Å²) in [6.07, 6.45) is 4.79. The number of nitrogens with zero attached hydrogens (tertiary/aromatic N) is 2. The minimum atomic E-state index is -3.59. The molecule has 12 heteroatoms. The number of pyridine rings is 1. The van der Waals surface area contributed by atoms with E-state index in [1.54, 1.807) is 45.4 Å². The summed E-state index contributed by atoms with van der Waals surface area (Å²) >= 11 is 0. The van der Waals surface area contributed by atoms with Gasteiger partial charge in [-0.3, -0.25) is 14.5 Å². The highest BCUT2D eigenvalue weighted by atomic mass is 32.2. The normalized spacial score (nSPS) is 24.7. The number of aromatic nitrogens is 1. The quantitative estimate of drug-likeness (QED) is 0.319. The molecule has 0 spiro atoms. The van der Waals surface area contributed by atoms with Crippen LogP contribution < -0.4 is 10.1 Å². The van der Waals surface area contributed by atoms with Crippen LogP contribution >= 0.6 is 0 Å². The third-order valence-corrected chi connectivity index (χ3v) is 10.7. The first-order valence-corrected chi connectivity index (χ1v) is 16.8. The van der Waals surface area contributed by atoms with E-state index in [4.69, 9.17) is 18.9 Å². The van der Waals surface area contributed by atoms with E-state index in [1.165, 1.54) is 4.90 Å². The van der Waals surface area contributed by atoms with Crippen molar-refractivity contribution in [2.75, 3.05) is 12.3 Å². The van der Waals surface area contributed by atoms with Crippen molar-refractivity contribution in [1.82, 2.24) is 15.2 Å². The standard InChI is InChI=1S/C33H37N3O8S/c1-5-22-16-33(22,28(37)19-45(40,41)24-10-11-24)35-29(38)27-15-23(17-36(27)31(39)44-32(2,3)4)43-30-25-9-7-6-8-20(25)14-26(34-30)21-12-13-42-18-21/h5-9,12-14,18,22-24,27H,1,10-11,15-17,19H2,2-4H3,(H,35,38)/t22-,23-,27+,33-/m1/s1. The van der Waals surface area contributed by atoms with Crippen LogP contribution in [0.3, 0.4) is 0 Å². The number of carbonyl (C=O) groups is 3. The third-order valence-electron chi connectivity index (χ3n) is 8.50. The van der Waals surface area contributed by atoms with Crippen molar-refractivity contribution in [3.8, 4) is 17.1 Å². The maximum Gasteiger partial charge on any atom is 0.411 e. The molecule has 2 aromatic heterocycles. The summed E-state index contributed by atoms with van der Waals surface area (Å²) in [6, 6.07) is 10.3. The molecule has 0 unspecified atom stereocenters. The van der Waals surface area contributed by atoms with Gasteiger partial charge in [-0.15, -0.1) is 6.58 Å². The number of hydrogen-bond acceptors (Lipinski definition) is 9. The fraction of sp³-hybridized carbons (Fsp3) is 0.455. The maximum atomic E-state index is 13.9. The average Bonchev–Trinajstić information content (AvgIpc) is 3.84. The Hall–Kier alpha value is -4.19. The lowest BCUT2D eigenvalue weighted by atomic mass is 10.1. The topological polar surface area (TPSA) is 145 Å². The summed E-state index contributed by atoms with van der Waals surface area (Å²) in [4.78, 5) is 46.7. The Morgan fingerprint density at radius 1 is 1.20 bits per heavy atom. The van der Waals surface area contributed by atoms with Crippen LogP contribution in [0, 0.1) is 5.92 Å². The highest BCUT2D eigenvalue weighted by Gasteiger charge is 2.61. The fourth-order valence-corrected chi connectivity index (χ4v) is 7.61. The van der Waals surface area contributed by atoms with Gasteiger partial charge in [-0.05, 0) is 63.6 Å². The third kappa shape index (κ3) is 6.33. The Balaban J connectivity index is 1.26. The van der Waals surface area contributed by atoms with Gasteiger partial charge in [-0.25, -0.2) is 18.2 Å². The van der Waals surface area contributed by atoms with E-state index in [-0.39, 0.29) is 19.4 Å². The highest BCUT2D eigenvalue weighted by molar-refractivity contribution is 7.93. The van der Waals surface area contributed by atoms with Crippen LogP contribution in [-0.4, -0.2) is 76.9 Å². The van der Waals surface area contributed by atoms with Crippen molar-refractivity contribution in [3.05, 3.63) is 61.6 Å². The molecule has 45 heavy (non-hydrogen) atoms. The van der Waals surface area contributed by atoms with Crippen molar-refractivity contribution < 1.29 is 36.7 Å². The van der Waals surface area contributed by atoms with Crippen molar-refractivity contribution >= 4 is 38.4 Å². The first-order valence-electron chi connectivity index (χ1n) is 15.1. The summed E-state index contributed by atoms with van der Waals surface area (Å²) in [5.74, 6) is -1.86. The number of fused-ring (bicyclic) bond motifs is 1. The van der Waals surface area contributed by atoms with Gasteiger partial charge in [0.15, 0.2) is 15.6 Å². The molecule has 1 N–H and O–H groups in total. The SMILES string of the molecule is C=C[C@@H]1C[C@]1(NC(=O)[C@@H]1C[C@@H](Oc2nc(-c3ccoc3)cc3ccccc23)CN1C(=O)OC(C)(C)C)C(=O)CS(=O)(=O)C1CC1. The molecule has 3 fully saturated rings. The molecular weight excluding hydrogens is 598 g/mol. The minimum Gasteiger partial charge on any atom is -0.472 e. The molecule has 11 nitrogen and oxygen atoms in total. The van der Waals surface area contributed by atoms with Crippen molar-refractivity contribution in [2.24, 2.45) is 5.92 Å². The van der Waals surface area contributed by atoms with E-state index < -0.39 is 67.8 Å². The second-order valence-electron chi connectivity index (χ2n) is 13.1. The fourth-order valence-electron chi connectivity index (χ4n) is 5.89. The van der Waals surface area contributed by atoms with E-state index in [9.17, 15) is 22.8 Å². The van der Waals surface area contributed by atoms with Crippen LogP contribution in [0.4, 0.5) is 4.79 Å². The number of hydrogen-bond donors (Lipinski definition) is 1. The zero-order chi connectivity index (χ0) is 32.1. The van der Waals surface area contributed by atoms with E-state index in [2.05, 4.69) is 11.9 Å². The zero-order valence-electron chi connectivity index (χ0n) is 25.5. The molecular formula is C33H37N3O8S. The monoisotopic (exact) mass is 635 g/mol. The maximum absolute atomic E-state index is 13.9. The van der Waals surface area contributed by atoms with E-state index in [1.807, 2.05) is 30.3 Å². The molecule has 3 aliphatic rings. The summed E-state index contributed by atoms with van der Waals surface area (Å²) in [5.41, 5.74) is -0.799. The lowest BCUT2D eigenvalue weighted by Crippen LogP contribution is -2.54. The molecule has 2 aliphatic carbocycles. The Kier molecular flexibility index (Phi) is 7.75. The van der Waals surface area contributed by atoms with Gasteiger partial charge in [0.2, 0.25) is 11.8 Å². The summed E-state index contributed by atoms with van der Waals surface area (Å²) < 4.78 is 42.6. The first kappa shape index (κ1) is 30.8. The number of amides is 2. The molecule has 2 amide bonds.